The molecular formula is C11H8F2N4O3. The molecule has 7 nitrogen and oxygen atoms in total. The maximum Gasteiger partial charge on any atom is 0.305 e. The van der Waals surface area contributed by atoms with Crippen LogP contribution < -0.4 is 11.3 Å². The number of H-pyrrole nitrogens is 1. The van der Waals surface area contributed by atoms with E-state index >= 15 is 0 Å². The van der Waals surface area contributed by atoms with Crippen molar-refractivity contribution in [3.8, 4) is 11.4 Å². The van der Waals surface area contributed by atoms with Gasteiger partial charge in [0.05, 0.1) is 16.1 Å². The van der Waals surface area contributed by atoms with Gasteiger partial charge in [-0.3, -0.25) is 14.9 Å². The van der Waals surface area contributed by atoms with E-state index in [0.717, 1.165) is 0 Å². The summed E-state index contributed by atoms with van der Waals surface area (Å²) >= 11 is 0. The van der Waals surface area contributed by atoms with E-state index in [0.29, 0.717) is 12.1 Å². The number of halogens is 2. The predicted molar refractivity (Wildman–Crippen MR) is 66.0 cm³/mol. The topological polar surface area (TPSA) is 115 Å². The molecule has 0 atom stereocenters. The summed E-state index contributed by atoms with van der Waals surface area (Å²) in [6, 6.07) is 1.40. The summed E-state index contributed by atoms with van der Waals surface area (Å²) in [4.78, 5) is 26.9. The fourth-order valence-electron chi connectivity index (χ4n) is 1.57. The van der Waals surface area contributed by atoms with Gasteiger partial charge in [0.2, 0.25) is 5.82 Å². The van der Waals surface area contributed by atoms with E-state index in [-0.39, 0.29) is 11.4 Å². The molecule has 0 saturated carbocycles. The summed E-state index contributed by atoms with van der Waals surface area (Å²) in [5.41, 5.74) is 3.12. The zero-order chi connectivity index (χ0) is 15.0. The normalized spacial score (nSPS) is 10.6. The number of nitro benzene ring substituents is 1. The summed E-state index contributed by atoms with van der Waals surface area (Å²) in [7, 11) is 0. The SMILES string of the molecule is Cc1c(N)nc(-c2c(F)ccc([N+](=O)[O-])c2F)[nH]c1=O. The van der Waals surface area contributed by atoms with E-state index in [4.69, 9.17) is 5.73 Å². The number of hydrogen-bond donors (Lipinski definition) is 2. The lowest BCUT2D eigenvalue weighted by Gasteiger charge is -2.06. The van der Waals surface area contributed by atoms with Gasteiger partial charge >= 0.3 is 5.69 Å². The van der Waals surface area contributed by atoms with Crippen LogP contribution in [-0.2, 0) is 0 Å². The van der Waals surface area contributed by atoms with E-state index in [1.54, 1.807) is 0 Å². The molecule has 1 aromatic carbocycles. The van der Waals surface area contributed by atoms with Crippen LogP contribution in [0.3, 0.4) is 0 Å². The Kier molecular flexibility index (Phi) is 3.18. The average molecular weight is 282 g/mol. The predicted octanol–water partition coefficient (Wildman–Crippen LogP) is 1.51. The lowest BCUT2D eigenvalue weighted by molar-refractivity contribution is -0.387. The minimum absolute atomic E-state index is 0.0833. The first kappa shape index (κ1) is 13.6. The van der Waals surface area contributed by atoms with Gasteiger partial charge in [-0.2, -0.15) is 4.39 Å². The lowest BCUT2D eigenvalue weighted by Crippen LogP contribution is -2.16. The molecule has 104 valence electrons. The molecule has 0 fully saturated rings. The van der Waals surface area contributed by atoms with E-state index in [9.17, 15) is 23.7 Å². The average Bonchev–Trinajstić information content (AvgIpc) is 2.35. The monoisotopic (exact) mass is 282 g/mol. The highest BCUT2D eigenvalue weighted by atomic mass is 19.1. The lowest BCUT2D eigenvalue weighted by atomic mass is 10.1. The highest BCUT2D eigenvalue weighted by Gasteiger charge is 2.24. The van der Waals surface area contributed by atoms with Crippen LogP contribution >= 0.6 is 0 Å². The van der Waals surface area contributed by atoms with Gasteiger partial charge in [-0.25, -0.2) is 9.37 Å². The van der Waals surface area contributed by atoms with Gasteiger partial charge in [0.25, 0.3) is 5.56 Å². The Morgan fingerprint density at radius 2 is 2.05 bits per heavy atom. The molecule has 0 aliphatic rings. The third kappa shape index (κ3) is 2.09. The molecule has 0 bridgehead atoms. The Morgan fingerprint density at radius 3 is 2.60 bits per heavy atom. The molecule has 1 aromatic heterocycles. The first-order chi connectivity index (χ1) is 9.32. The molecule has 0 radical (unpaired) electrons. The Labute approximate surface area is 110 Å². The zero-order valence-corrected chi connectivity index (χ0v) is 10.1. The third-order valence-corrected chi connectivity index (χ3v) is 2.69. The van der Waals surface area contributed by atoms with Crippen molar-refractivity contribution >= 4 is 11.5 Å². The van der Waals surface area contributed by atoms with Crippen LogP contribution in [0.2, 0.25) is 0 Å². The Hall–Kier alpha value is -2.84. The number of nitrogens with one attached hydrogen (secondary N) is 1. The van der Waals surface area contributed by atoms with Crippen LogP contribution in [0.1, 0.15) is 5.56 Å². The molecule has 3 N–H and O–H groups in total. The molecule has 0 spiro atoms. The quantitative estimate of drug-likeness (QED) is 0.640. The van der Waals surface area contributed by atoms with Crippen LogP contribution in [0.5, 0.6) is 0 Å². The molecular weight excluding hydrogens is 274 g/mol. The van der Waals surface area contributed by atoms with Gasteiger partial charge in [-0.15, -0.1) is 0 Å². The number of nitrogens with two attached hydrogens (primary N) is 1. The zero-order valence-electron chi connectivity index (χ0n) is 10.1. The van der Waals surface area contributed by atoms with Crippen LogP contribution in [0.15, 0.2) is 16.9 Å². The molecule has 1 heterocycles. The fourth-order valence-corrected chi connectivity index (χ4v) is 1.57. The minimum Gasteiger partial charge on any atom is -0.383 e. The minimum atomic E-state index is -1.43. The highest BCUT2D eigenvalue weighted by Crippen LogP contribution is 2.29. The molecule has 20 heavy (non-hydrogen) atoms. The summed E-state index contributed by atoms with van der Waals surface area (Å²) in [5, 5.41) is 10.6. The molecule has 2 aromatic rings. The fraction of sp³-hybridized carbons (Fsp3) is 0.0909. The molecule has 0 unspecified atom stereocenters. The molecule has 2 rings (SSSR count). The number of aromatic nitrogens is 2. The van der Waals surface area contributed by atoms with Crippen molar-refractivity contribution in [1.82, 2.24) is 9.97 Å². The first-order valence-corrected chi connectivity index (χ1v) is 5.32. The smallest absolute Gasteiger partial charge is 0.305 e. The largest absolute Gasteiger partial charge is 0.383 e. The van der Waals surface area contributed by atoms with Crippen LogP contribution in [0.25, 0.3) is 11.4 Å². The van der Waals surface area contributed by atoms with Crippen molar-refractivity contribution < 1.29 is 13.7 Å². The summed E-state index contributed by atoms with van der Waals surface area (Å²) in [6.45, 7) is 1.38. The Bertz CT molecular complexity index is 773. The second kappa shape index (κ2) is 4.68. The van der Waals surface area contributed by atoms with E-state index in [1.165, 1.54) is 6.92 Å². The number of nitrogens with zero attached hydrogens (tertiary/aromatic N) is 2. The summed E-state index contributed by atoms with van der Waals surface area (Å²) < 4.78 is 27.6. The molecule has 0 aliphatic carbocycles. The highest BCUT2D eigenvalue weighted by molar-refractivity contribution is 5.63. The summed E-state index contributed by atoms with van der Waals surface area (Å²) in [5.74, 6) is -3.24. The van der Waals surface area contributed by atoms with Gasteiger partial charge in [-0.05, 0) is 13.0 Å². The van der Waals surface area contributed by atoms with Crippen molar-refractivity contribution in [2.45, 2.75) is 6.92 Å². The van der Waals surface area contributed by atoms with E-state index in [2.05, 4.69) is 9.97 Å². The van der Waals surface area contributed by atoms with Crippen molar-refractivity contribution in [3.63, 3.8) is 0 Å². The molecule has 0 aliphatic heterocycles. The number of benzene rings is 1. The number of nitro groups is 1. The van der Waals surface area contributed by atoms with Crippen LogP contribution in [0.4, 0.5) is 20.3 Å². The van der Waals surface area contributed by atoms with Crippen LogP contribution in [-0.4, -0.2) is 14.9 Å². The number of rotatable bonds is 2. The van der Waals surface area contributed by atoms with Crippen LogP contribution in [0, 0.1) is 28.7 Å². The maximum atomic E-state index is 13.9. The van der Waals surface area contributed by atoms with Gasteiger partial charge in [0.1, 0.15) is 17.5 Å². The third-order valence-electron chi connectivity index (χ3n) is 2.69. The molecule has 0 amide bonds. The van der Waals surface area contributed by atoms with Crippen molar-refractivity contribution in [2.75, 3.05) is 5.73 Å². The van der Waals surface area contributed by atoms with Gasteiger partial charge in [0.15, 0.2) is 0 Å². The second-order valence-corrected chi connectivity index (χ2v) is 3.94. The molecule has 0 saturated heterocycles. The Morgan fingerprint density at radius 1 is 1.40 bits per heavy atom. The second-order valence-electron chi connectivity index (χ2n) is 3.94. The maximum absolute atomic E-state index is 13.9. The van der Waals surface area contributed by atoms with Crippen molar-refractivity contribution in [1.29, 1.82) is 0 Å². The Balaban J connectivity index is 2.79. The van der Waals surface area contributed by atoms with Crippen molar-refractivity contribution in [3.05, 3.63) is 49.8 Å². The molecule has 9 heteroatoms. The number of aromatic amines is 1. The number of nitrogen functional groups attached to an aromatic ring is 1. The van der Waals surface area contributed by atoms with Gasteiger partial charge in [0, 0.05) is 6.07 Å². The standard InChI is InChI=1S/C11H8F2N4O3/c1-4-9(14)15-10(16-11(4)18)7-5(12)2-3-6(8(7)13)17(19)20/h2-3H,1H3,(H3,14,15,16,18). The van der Waals surface area contributed by atoms with Gasteiger partial charge in [-0.1, -0.05) is 0 Å². The van der Waals surface area contributed by atoms with E-state index in [1.807, 2.05) is 0 Å². The first-order valence-electron chi connectivity index (χ1n) is 5.32. The summed E-state index contributed by atoms with van der Waals surface area (Å²) in [6.07, 6.45) is 0. The number of hydrogen-bond acceptors (Lipinski definition) is 5. The van der Waals surface area contributed by atoms with Gasteiger partial charge < -0.3 is 10.7 Å². The van der Waals surface area contributed by atoms with E-state index < -0.39 is 39.2 Å². The van der Waals surface area contributed by atoms with Crippen molar-refractivity contribution in [2.24, 2.45) is 0 Å². The number of anilines is 1.